The van der Waals surface area contributed by atoms with Gasteiger partial charge < -0.3 is 10.1 Å². The smallest absolute Gasteiger partial charge is 0.255 e. The van der Waals surface area contributed by atoms with E-state index in [0.29, 0.717) is 17.7 Å². The van der Waals surface area contributed by atoms with E-state index in [-0.39, 0.29) is 23.0 Å². The molecule has 0 saturated carbocycles. The predicted octanol–water partition coefficient (Wildman–Crippen LogP) is 3.78. The largest absolute Gasteiger partial charge is 0.495 e. The Labute approximate surface area is 177 Å². The van der Waals surface area contributed by atoms with Gasteiger partial charge in [-0.1, -0.05) is 48.0 Å². The Morgan fingerprint density at radius 3 is 2.33 bits per heavy atom. The standard InChI is InChI=1S/C23H24N2O4S/c1-17-8-10-19(11-9-17)23(26)25-21-16-20(12-13-22(21)29-2)30(27,28)24-15-14-18-6-4-3-5-7-18/h3-13,16,24H,14-15H2,1-2H3,(H,25,26). The highest BCUT2D eigenvalue weighted by molar-refractivity contribution is 7.89. The summed E-state index contributed by atoms with van der Waals surface area (Å²) in [4.78, 5) is 12.6. The number of ether oxygens (including phenoxy) is 1. The molecule has 0 spiro atoms. The quantitative estimate of drug-likeness (QED) is 0.576. The zero-order valence-corrected chi connectivity index (χ0v) is 17.7. The molecule has 7 heteroatoms. The van der Waals surface area contributed by atoms with Gasteiger partial charge in [0.25, 0.3) is 5.91 Å². The first kappa shape index (κ1) is 21.5. The van der Waals surface area contributed by atoms with E-state index in [1.54, 1.807) is 12.1 Å². The lowest BCUT2D eigenvalue weighted by Crippen LogP contribution is -2.26. The number of amides is 1. The van der Waals surface area contributed by atoms with E-state index >= 15 is 0 Å². The SMILES string of the molecule is COc1ccc(S(=O)(=O)NCCc2ccccc2)cc1NC(=O)c1ccc(C)cc1. The van der Waals surface area contributed by atoms with Crippen molar-refractivity contribution >= 4 is 21.6 Å². The number of aryl methyl sites for hydroxylation is 1. The molecule has 0 fully saturated rings. The van der Waals surface area contributed by atoms with Crippen molar-refractivity contribution in [2.75, 3.05) is 19.0 Å². The minimum atomic E-state index is -3.74. The van der Waals surface area contributed by atoms with Crippen molar-refractivity contribution in [3.8, 4) is 5.75 Å². The highest BCUT2D eigenvalue weighted by Gasteiger charge is 2.18. The van der Waals surface area contributed by atoms with Crippen molar-refractivity contribution < 1.29 is 17.9 Å². The molecule has 0 saturated heterocycles. The van der Waals surface area contributed by atoms with E-state index in [2.05, 4.69) is 10.0 Å². The van der Waals surface area contributed by atoms with Crippen LogP contribution in [0.4, 0.5) is 5.69 Å². The number of anilines is 1. The zero-order valence-electron chi connectivity index (χ0n) is 16.9. The molecule has 3 aromatic carbocycles. The molecule has 6 nitrogen and oxygen atoms in total. The minimum absolute atomic E-state index is 0.0515. The van der Waals surface area contributed by atoms with Crippen LogP contribution in [0.5, 0.6) is 5.75 Å². The number of hydrogen-bond donors (Lipinski definition) is 2. The Morgan fingerprint density at radius 1 is 0.967 bits per heavy atom. The molecular formula is C23H24N2O4S. The second-order valence-corrected chi connectivity index (χ2v) is 8.58. The third-order valence-electron chi connectivity index (χ3n) is 4.59. The number of rotatable bonds is 8. The third-order valence-corrected chi connectivity index (χ3v) is 6.05. The normalized spacial score (nSPS) is 11.1. The van der Waals surface area contributed by atoms with Crippen LogP contribution in [0, 0.1) is 6.92 Å². The first-order valence-electron chi connectivity index (χ1n) is 9.49. The second-order valence-electron chi connectivity index (χ2n) is 6.82. The molecule has 3 rings (SSSR count). The van der Waals surface area contributed by atoms with Crippen LogP contribution >= 0.6 is 0 Å². The third kappa shape index (κ3) is 5.46. The van der Waals surface area contributed by atoms with Crippen LogP contribution in [0.25, 0.3) is 0 Å². The van der Waals surface area contributed by atoms with Crippen molar-refractivity contribution in [2.45, 2.75) is 18.2 Å². The van der Waals surface area contributed by atoms with E-state index in [0.717, 1.165) is 11.1 Å². The number of benzene rings is 3. The lowest BCUT2D eigenvalue weighted by molar-refractivity contribution is 0.102. The molecule has 0 aromatic heterocycles. The Morgan fingerprint density at radius 2 is 1.67 bits per heavy atom. The first-order valence-corrected chi connectivity index (χ1v) is 11.0. The fourth-order valence-corrected chi connectivity index (χ4v) is 3.97. The molecule has 30 heavy (non-hydrogen) atoms. The lowest BCUT2D eigenvalue weighted by Gasteiger charge is -2.13. The molecule has 0 heterocycles. The van der Waals surface area contributed by atoms with Crippen molar-refractivity contribution in [1.29, 1.82) is 0 Å². The van der Waals surface area contributed by atoms with Crippen molar-refractivity contribution in [1.82, 2.24) is 4.72 Å². The topological polar surface area (TPSA) is 84.5 Å². The Hall–Kier alpha value is -3.16. The summed E-state index contributed by atoms with van der Waals surface area (Å²) in [7, 11) is -2.28. The van der Waals surface area contributed by atoms with Gasteiger partial charge in [-0.15, -0.1) is 0 Å². The van der Waals surface area contributed by atoms with Gasteiger partial charge in [-0.05, 0) is 49.2 Å². The molecule has 0 radical (unpaired) electrons. The summed E-state index contributed by atoms with van der Waals surface area (Å²) in [5.41, 5.74) is 2.84. The number of sulfonamides is 1. The van der Waals surface area contributed by atoms with Crippen LogP contribution < -0.4 is 14.8 Å². The maximum atomic E-state index is 12.7. The summed E-state index contributed by atoms with van der Waals surface area (Å²) in [6, 6.07) is 21.1. The van der Waals surface area contributed by atoms with Crippen LogP contribution in [0.1, 0.15) is 21.5 Å². The number of carbonyl (C=O) groups is 1. The molecule has 0 aliphatic rings. The highest BCUT2D eigenvalue weighted by Crippen LogP contribution is 2.28. The van der Waals surface area contributed by atoms with Gasteiger partial charge in [0.1, 0.15) is 5.75 Å². The fourth-order valence-electron chi connectivity index (χ4n) is 2.91. The van der Waals surface area contributed by atoms with E-state index in [9.17, 15) is 13.2 Å². The van der Waals surface area contributed by atoms with Gasteiger partial charge in [0, 0.05) is 12.1 Å². The fraction of sp³-hybridized carbons (Fsp3) is 0.174. The van der Waals surface area contributed by atoms with Crippen molar-refractivity contribution in [3.63, 3.8) is 0 Å². The number of hydrogen-bond acceptors (Lipinski definition) is 4. The predicted molar refractivity (Wildman–Crippen MR) is 117 cm³/mol. The van der Waals surface area contributed by atoms with Gasteiger partial charge in [-0.25, -0.2) is 13.1 Å². The molecule has 0 bridgehead atoms. The lowest BCUT2D eigenvalue weighted by atomic mass is 10.1. The van der Waals surface area contributed by atoms with Gasteiger partial charge >= 0.3 is 0 Å². The van der Waals surface area contributed by atoms with Crippen molar-refractivity contribution in [3.05, 3.63) is 89.5 Å². The van der Waals surface area contributed by atoms with E-state index in [1.165, 1.54) is 25.3 Å². The Kier molecular flexibility index (Phi) is 6.87. The molecule has 2 N–H and O–H groups in total. The molecule has 0 atom stereocenters. The highest BCUT2D eigenvalue weighted by atomic mass is 32.2. The average molecular weight is 425 g/mol. The van der Waals surface area contributed by atoms with Crippen LogP contribution in [0.2, 0.25) is 0 Å². The zero-order chi connectivity index (χ0) is 21.6. The summed E-state index contributed by atoms with van der Waals surface area (Å²) in [6.07, 6.45) is 0.577. The van der Waals surface area contributed by atoms with Crippen LogP contribution in [-0.2, 0) is 16.4 Å². The Bertz CT molecular complexity index is 1110. The van der Waals surface area contributed by atoms with E-state index in [1.807, 2.05) is 49.4 Å². The summed E-state index contributed by atoms with van der Waals surface area (Å²) in [5, 5.41) is 2.74. The van der Waals surface area contributed by atoms with Crippen LogP contribution in [0.3, 0.4) is 0 Å². The molecule has 0 unspecified atom stereocenters. The molecule has 1 amide bonds. The van der Waals surface area contributed by atoms with Gasteiger partial charge in [0.15, 0.2) is 0 Å². The average Bonchev–Trinajstić information content (AvgIpc) is 2.74. The molecule has 0 aliphatic heterocycles. The van der Waals surface area contributed by atoms with Gasteiger partial charge in [0.05, 0.1) is 17.7 Å². The van der Waals surface area contributed by atoms with Crippen LogP contribution in [0.15, 0.2) is 77.7 Å². The molecule has 0 aliphatic carbocycles. The minimum Gasteiger partial charge on any atom is -0.495 e. The maximum Gasteiger partial charge on any atom is 0.255 e. The summed E-state index contributed by atoms with van der Waals surface area (Å²) >= 11 is 0. The maximum absolute atomic E-state index is 12.7. The summed E-state index contributed by atoms with van der Waals surface area (Å²) in [5.74, 6) is 0.0265. The summed E-state index contributed by atoms with van der Waals surface area (Å²) < 4.78 is 33.3. The number of carbonyl (C=O) groups excluding carboxylic acids is 1. The van der Waals surface area contributed by atoms with Gasteiger partial charge in [0.2, 0.25) is 10.0 Å². The van der Waals surface area contributed by atoms with Gasteiger partial charge in [-0.2, -0.15) is 0 Å². The van der Waals surface area contributed by atoms with Gasteiger partial charge in [-0.3, -0.25) is 4.79 Å². The molecular weight excluding hydrogens is 400 g/mol. The molecule has 3 aromatic rings. The van der Waals surface area contributed by atoms with E-state index in [4.69, 9.17) is 4.74 Å². The molecule has 156 valence electrons. The summed E-state index contributed by atoms with van der Waals surface area (Å²) in [6.45, 7) is 2.20. The second kappa shape index (κ2) is 9.56. The van der Waals surface area contributed by atoms with E-state index < -0.39 is 10.0 Å². The van der Waals surface area contributed by atoms with Crippen molar-refractivity contribution in [2.24, 2.45) is 0 Å². The number of nitrogens with one attached hydrogen (secondary N) is 2. The number of methoxy groups -OCH3 is 1. The Balaban J connectivity index is 1.75. The first-order chi connectivity index (χ1) is 14.4. The monoisotopic (exact) mass is 424 g/mol. The van der Waals surface area contributed by atoms with Crippen LogP contribution in [-0.4, -0.2) is 28.0 Å².